The van der Waals surface area contributed by atoms with Crippen molar-refractivity contribution in [3.63, 3.8) is 0 Å². The summed E-state index contributed by atoms with van der Waals surface area (Å²) in [6.45, 7) is 7.05. The molecule has 2 aromatic rings. The number of unbranched alkanes of at least 4 members (excludes halogenated alkanes) is 1. The lowest BCUT2D eigenvalue weighted by Gasteiger charge is -2.18. The van der Waals surface area contributed by atoms with Crippen molar-refractivity contribution >= 4 is 21.6 Å². The summed E-state index contributed by atoms with van der Waals surface area (Å²) >= 11 is 1.76. The minimum absolute atomic E-state index is 0.416. The Morgan fingerprint density at radius 3 is 3.21 bits per heavy atom. The number of pyridine rings is 1. The fourth-order valence-corrected chi connectivity index (χ4v) is 3.01. The minimum Gasteiger partial charge on any atom is -0.310 e. The van der Waals surface area contributed by atoms with Gasteiger partial charge in [0.25, 0.3) is 0 Å². The number of rotatable bonds is 8. The zero-order valence-corrected chi connectivity index (χ0v) is 12.4. The summed E-state index contributed by atoms with van der Waals surface area (Å²) in [5.74, 6) is 0. The number of aromatic nitrogens is 1. The summed E-state index contributed by atoms with van der Waals surface area (Å²) in [6.07, 6.45) is 8.58. The lowest BCUT2D eigenvalue weighted by atomic mass is 10.0. The number of hydrogen-bond acceptors (Lipinski definition) is 3. The molecule has 0 saturated carbocycles. The van der Waals surface area contributed by atoms with Gasteiger partial charge in [-0.15, -0.1) is 17.9 Å². The van der Waals surface area contributed by atoms with Crippen molar-refractivity contribution in [2.45, 2.75) is 38.6 Å². The van der Waals surface area contributed by atoms with Crippen LogP contribution in [0.2, 0.25) is 0 Å². The van der Waals surface area contributed by atoms with E-state index in [0.29, 0.717) is 6.04 Å². The molecule has 0 aliphatic carbocycles. The summed E-state index contributed by atoms with van der Waals surface area (Å²) in [5.41, 5.74) is 2.42. The average molecular weight is 274 g/mol. The van der Waals surface area contributed by atoms with E-state index in [4.69, 9.17) is 0 Å². The smallest absolute Gasteiger partial charge is 0.0809 e. The molecule has 1 atom stereocenters. The van der Waals surface area contributed by atoms with Crippen LogP contribution < -0.4 is 5.32 Å². The Hall–Kier alpha value is -1.19. The quantitative estimate of drug-likeness (QED) is 0.558. The Morgan fingerprint density at radius 2 is 2.42 bits per heavy atom. The second-order valence-electron chi connectivity index (χ2n) is 4.80. The van der Waals surface area contributed by atoms with Gasteiger partial charge >= 0.3 is 0 Å². The van der Waals surface area contributed by atoms with Gasteiger partial charge < -0.3 is 5.32 Å². The van der Waals surface area contributed by atoms with Gasteiger partial charge in [0.1, 0.15) is 0 Å². The molecule has 19 heavy (non-hydrogen) atoms. The summed E-state index contributed by atoms with van der Waals surface area (Å²) in [6, 6.07) is 4.78. The Kier molecular flexibility index (Phi) is 5.55. The summed E-state index contributed by atoms with van der Waals surface area (Å²) in [5, 5.41) is 5.74. The Morgan fingerprint density at radius 1 is 1.53 bits per heavy atom. The summed E-state index contributed by atoms with van der Waals surface area (Å²) < 4.78 is 1.28. The molecule has 3 heteroatoms. The molecule has 0 amide bonds. The molecule has 0 saturated heterocycles. The van der Waals surface area contributed by atoms with Crippen LogP contribution in [0.25, 0.3) is 10.2 Å². The van der Waals surface area contributed by atoms with E-state index in [1.54, 1.807) is 11.3 Å². The number of thiophene rings is 1. The van der Waals surface area contributed by atoms with E-state index < -0.39 is 0 Å². The van der Waals surface area contributed by atoms with Crippen LogP contribution in [-0.4, -0.2) is 11.5 Å². The molecule has 0 fully saturated rings. The van der Waals surface area contributed by atoms with Crippen molar-refractivity contribution in [1.82, 2.24) is 10.3 Å². The van der Waals surface area contributed by atoms with Gasteiger partial charge in [0, 0.05) is 12.2 Å². The second-order valence-corrected chi connectivity index (χ2v) is 5.75. The van der Waals surface area contributed by atoms with Gasteiger partial charge in [-0.25, -0.2) is 0 Å². The van der Waals surface area contributed by atoms with E-state index in [1.165, 1.54) is 16.7 Å². The highest BCUT2D eigenvalue weighted by Gasteiger charge is 2.11. The van der Waals surface area contributed by atoms with Crippen molar-refractivity contribution in [1.29, 1.82) is 0 Å². The van der Waals surface area contributed by atoms with Crippen molar-refractivity contribution in [2.24, 2.45) is 0 Å². The third-order valence-corrected chi connectivity index (χ3v) is 4.12. The first kappa shape index (κ1) is 14.2. The third-order valence-electron chi connectivity index (χ3n) is 3.27. The minimum atomic E-state index is 0.416. The number of nitrogens with zero attached hydrogens (tertiary/aromatic N) is 1. The second kappa shape index (κ2) is 7.41. The lowest BCUT2D eigenvalue weighted by Crippen LogP contribution is -2.22. The molecule has 0 aliphatic rings. The molecule has 0 radical (unpaired) electrons. The van der Waals surface area contributed by atoms with Crippen LogP contribution in [0.3, 0.4) is 0 Å². The SMILES string of the molecule is C=CCCCC(NCCC)c1cnc2ccsc2c1. The van der Waals surface area contributed by atoms with E-state index in [0.717, 1.165) is 31.3 Å². The Bertz CT molecular complexity index is 518. The van der Waals surface area contributed by atoms with Crippen LogP contribution in [0.15, 0.2) is 36.4 Å². The normalized spacial score (nSPS) is 12.7. The first-order valence-electron chi connectivity index (χ1n) is 7.02. The lowest BCUT2D eigenvalue weighted by molar-refractivity contribution is 0.485. The Labute approximate surface area is 119 Å². The number of fused-ring (bicyclic) bond motifs is 1. The van der Waals surface area contributed by atoms with E-state index in [1.807, 2.05) is 12.3 Å². The Balaban J connectivity index is 2.12. The van der Waals surface area contributed by atoms with Crippen LogP contribution in [-0.2, 0) is 0 Å². The highest BCUT2D eigenvalue weighted by molar-refractivity contribution is 7.17. The van der Waals surface area contributed by atoms with E-state index in [9.17, 15) is 0 Å². The predicted octanol–water partition coefficient (Wildman–Crippen LogP) is 4.69. The van der Waals surface area contributed by atoms with Gasteiger partial charge in [0.2, 0.25) is 0 Å². The highest BCUT2D eigenvalue weighted by Crippen LogP contribution is 2.25. The average Bonchev–Trinajstić information content (AvgIpc) is 2.90. The maximum atomic E-state index is 4.55. The van der Waals surface area contributed by atoms with Crippen molar-refractivity contribution in [3.8, 4) is 0 Å². The molecule has 2 aromatic heterocycles. The van der Waals surface area contributed by atoms with Gasteiger partial charge in [0.15, 0.2) is 0 Å². The van der Waals surface area contributed by atoms with Crippen LogP contribution >= 0.6 is 11.3 Å². The monoisotopic (exact) mass is 274 g/mol. The fourth-order valence-electron chi connectivity index (χ4n) is 2.22. The van der Waals surface area contributed by atoms with Crippen molar-refractivity contribution < 1.29 is 0 Å². The third kappa shape index (κ3) is 3.88. The van der Waals surface area contributed by atoms with Gasteiger partial charge in [-0.1, -0.05) is 13.0 Å². The van der Waals surface area contributed by atoms with E-state index >= 15 is 0 Å². The summed E-state index contributed by atoms with van der Waals surface area (Å²) in [7, 11) is 0. The molecule has 0 aromatic carbocycles. The molecule has 1 N–H and O–H groups in total. The van der Waals surface area contributed by atoms with Crippen LogP contribution in [0.1, 0.15) is 44.2 Å². The zero-order chi connectivity index (χ0) is 13.5. The first-order chi connectivity index (χ1) is 9.35. The molecule has 0 bridgehead atoms. The summed E-state index contributed by atoms with van der Waals surface area (Å²) in [4.78, 5) is 4.55. The topological polar surface area (TPSA) is 24.9 Å². The maximum absolute atomic E-state index is 4.55. The molecule has 2 heterocycles. The molecular formula is C16H22N2S. The van der Waals surface area contributed by atoms with Crippen LogP contribution in [0.4, 0.5) is 0 Å². The van der Waals surface area contributed by atoms with Crippen LogP contribution in [0.5, 0.6) is 0 Å². The van der Waals surface area contributed by atoms with E-state index in [-0.39, 0.29) is 0 Å². The number of allylic oxidation sites excluding steroid dienone is 1. The van der Waals surface area contributed by atoms with Crippen LogP contribution in [0, 0.1) is 0 Å². The van der Waals surface area contributed by atoms with Crippen molar-refractivity contribution in [3.05, 3.63) is 41.9 Å². The van der Waals surface area contributed by atoms with Gasteiger partial charge in [-0.2, -0.15) is 0 Å². The number of hydrogen-bond donors (Lipinski definition) is 1. The fraction of sp³-hybridized carbons (Fsp3) is 0.438. The standard InChI is InChI=1S/C16H22N2S/c1-3-5-6-7-14(17-9-4-2)13-11-16-15(18-12-13)8-10-19-16/h3,8,10-12,14,17H,1,4-7,9H2,2H3. The molecule has 1 unspecified atom stereocenters. The molecule has 2 nitrogen and oxygen atoms in total. The maximum Gasteiger partial charge on any atom is 0.0809 e. The molecule has 2 rings (SSSR count). The number of nitrogens with one attached hydrogen (secondary N) is 1. The van der Waals surface area contributed by atoms with Gasteiger partial charge in [0.05, 0.1) is 10.2 Å². The first-order valence-corrected chi connectivity index (χ1v) is 7.90. The zero-order valence-electron chi connectivity index (χ0n) is 11.6. The van der Waals surface area contributed by atoms with E-state index in [2.05, 4.69) is 41.3 Å². The molecule has 0 spiro atoms. The molecular weight excluding hydrogens is 252 g/mol. The van der Waals surface area contributed by atoms with Gasteiger partial charge in [-0.3, -0.25) is 4.98 Å². The molecule has 102 valence electrons. The largest absolute Gasteiger partial charge is 0.310 e. The van der Waals surface area contributed by atoms with Gasteiger partial charge in [-0.05, 0) is 55.3 Å². The predicted molar refractivity (Wildman–Crippen MR) is 84.7 cm³/mol. The van der Waals surface area contributed by atoms with Crippen molar-refractivity contribution in [2.75, 3.05) is 6.54 Å². The highest BCUT2D eigenvalue weighted by atomic mass is 32.1. The molecule has 0 aliphatic heterocycles.